The van der Waals surface area contributed by atoms with Crippen molar-refractivity contribution in [2.45, 2.75) is 20.4 Å². The number of thiophene rings is 1. The predicted octanol–water partition coefficient (Wildman–Crippen LogP) is 3.86. The Hall–Kier alpha value is -2.08. The maximum atomic E-state index is 13.7. The van der Waals surface area contributed by atoms with Gasteiger partial charge in [-0.05, 0) is 30.5 Å². The van der Waals surface area contributed by atoms with Crippen LogP contribution in [0.15, 0.2) is 29.6 Å². The number of carbonyl (C=O) groups is 1. The third kappa shape index (κ3) is 4.19. The Labute approximate surface area is 126 Å². The van der Waals surface area contributed by atoms with Gasteiger partial charge in [-0.1, -0.05) is 0 Å². The van der Waals surface area contributed by atoms with Crippen molar-refractivity contribution in [2.24, 2.45) is 0 Å². The van der Waals surface area contributed by atoms with Gasteiger partial charge in [0.1, 0.15) is 0 Å². The van der Waals surface area contributed by atoms with E-state index in [-0.39, 0.29) is 11.7 Å². The Morgan fingerprint density at radius 2 is 2.19 bits per heavy atom. The minimum atomic E-state index is -0.393. The number of amides is 1. The second-order valence-electron chi connectivity index (χ2n) is 4.37. The van der Waals surface area contributed by atoms with E-state index in [1.807, 2.05) is 18.4 Å². The molecule has 1 aromatic heterocycles. The summed E-state index contributed by atoms with van der Waals surface area (Å²) in [6, 6.07) is 6.61. The van der Waals surface area contributed by atoms with Gasteiger partial charge in [0.15, 0.2) is 11.6 Å². The Morgan fingerprint density at radius 1 is 1.38 bits per heavy atom. The summed E-state index contributed by atoms with van der Waals surface area (Å²) in [7, 11) is 0. The summed E-state index contributed by atoms with van der Waals surface area (Å²) >= 11 is 1.53. The van der Waals surface area contributed by atoms with Gasteiger partial charge >= 0.3 is 0 Å². The molecule has 1 heterocycles. The molecule has 0 aliphatic heterocycles. The van der Waals surface area contributed by atoms with Crippen LogP contribution >= 0.6 is 11.3 Å². The van der Waals surface area contributed by atoms with Gasteiger partial charge in [0.2, 0.25) is 5.91 Å². The largest absolute Gasteiger partial charge is 0.491 e. The number of anilines is 2. The van der Waals surface area contributed by atoms with Gasteiger partial charge in [0, 0.05) is 23.6 Å². The lowest BCUT2D eigenvalue weighted by molar-refractivity contribution is -0.114. The molecule has 0 spiro atoms. The van der Waals surface area contributed by atoms with Gasteiger partial charge < -0.3 is 15.4 Å². The monoisotopic (exact) mass is 308 g/mol. The first-order chi connectivity index (χ1) is 10.1. The average molecular weight is 308 g/mol. The first-order valence-corrected chi connectivity index (χ1v) is 7.48. The first kappa shape index (κ1) is 15.3. The van der Waals surface area contributed by atoms with Crippen molar-refractivity contribution in [1.82, 2.24) is 0 Å². The van der Waals surface area contributed by atoms with E-state index in [1.54, 1.807) is 12.1 Å². The van der Waals surface area contributed by atoms with Crippen LogP contribution < -0.4 is 15.4 Å². The third-order valence-electron chi connectivity index (χ3n) is 2.74. The minimum absolute atomic E-state index is 0.109. The Bertz CT molecular complexity index is 628. The number of rotatable bonds is 6. The molecule has 0 saturated heterocycles. The van der Waals surface area contributed by atoms with Crippen molar-refractivity contribution >= 4 is 28.6 Å². The summed E-state index contributed by atoms with van der Waals surface area (Å²) in [5, 5.41) is 7.80. The molecule has 1 aromatic carbocycles. The van der Waals surface area contributed by atoms with Crippen LogP contribution in [-0.4, -0.2) is 12.5 Å². The normalized spacial score (nSPS) is 10.2. The van der Waals surface area contributed by atoms with Crippen LogP contribution in [0.1, 0.15) is 18.7 Å². The molecule has 6 heteroatoms. The number of carbonyl (C=O) groups excluding carboxylic acids is 1. The van der Waals surface area contributed by atoms with Crippen LogP contribution in [0.5, 0.6) is 5.75 Å². The fraction of sp³-hybridized carbons (Fsp3) is 0.267. The molecule has 0 radical (unpaired) electrons. The Morgan fingerprint density at radius 3 is 2.86 bits per heavy atom. The van der Waals surface area contributed by atoms with Crippen LogP contribution in [0.25, 0.3) is 0 Å². The molecule has 21 heavy (non-hydrogen) atoms. The van der Waals surface area contributed by atoms with Crippen molar-refractivity contribution in [1.29, 1.82) is 0 Å². The second-order valence-corrected chi connectivity index (χ2v) is 5.37. The Balaban J connectivity index is 2.01. The summed E-state index contributed by atoms with van der Waals surface area (Å²) in [4.78, 5) is 12.1. The van der Waals surface area contributed by atoms with Crippen molar-refractivity contribution in [3.63, 3.8) is 0 Å². The number of hydrogen-bond donors (Lipinski definition) is 2. The number of ether oxygens (including phenoxy) is 1. The topological polar surface area (TPSA) is 50.4 Å². The fourth-order valence-electron chi connectivity index (χ4n) is 1.84. The highest BCUT2D eigenvalue weighted by molar-refractivity contribution is 7.10. The van der Waals surface area contributed by atoms with Crippen LogP contribution in [0.3, 0.4) is 0 Å². The molecule has 0 bridgehead atoms. The van der Waals surface area contributed by atoms with E-state index >= 15 is 0 Å². The first-order valence-electron chi connectivity index (χ1n) is 6.60. The zero-order valence-corrected chi connectivity index (χ0v) is 12.7. The summed E-state index contributed by atoms with van der Waals surface area (Å²) < 4.78 is 18.9. The van der Waals surface area contributed by atoms with E-state index in [1.165, 1.54) is 24.3 Å². The molecule has 2 aromatic rings. The molecule has 0 unspecified atom stereocenters. The molecule has 0 atom stereocenters. The lowest BCUT2D eigenvalue weighted by Crippen LogP contribution is -2.08. The summed E-state index contributed by atoms with van der Waals surface area (Å²) in [6.07, 6.45) is 0. The van der Waals surface area contributed by atoms with Crippen molar-refractivity contribution < 1.29 is 13.9 Å². The highest BCUT2D eigenvalue weighted by atomic mass is 32.1. The van der Waals surface area contributed by atoms with Gasteiger partial charge in [-0.2, -0.15) is 0 Å². The highest BCUT2D eigenvalue weighted by Crippen LogP contribution is 2.25. The number of halogens is 1. The fourth-order valence-corrected chi connectivity index (χ4v) is 2.61. The Kier molecular flexibility index (Phi) is 5.16. The molecule has 0 aliphatic rings. The zero-order valence-electron chi connectivity index (χ0n) is 11.9. The predicted molar refractivity (Wildman–Crippen MR) is 83.5 cm³/mol. The molecule has 2 N–H and O–H groups in total. The smallest absolute Gasteiger partial charge is 0.221 e. The van der Waals surface area contributed by atoms with Crippen LogP contribution in [0.4, 0.5) is 15.8 Å². The molecule has 2 rings (SSSR count). The van der Waals surface area contributed by atoms with Crippen molar-refractivity contribution in [2.75, 3.05) is 17.2 Å². The number of benzene rings is 1. The molecular weight excluding hydrogens is 291 g/mol. The maximum absolute atomic E-state index is 13.7. The van der Waals surface area contributed by atoms with E-state index in [9.17, 15) is 9.18 Å². The van der Waals surface area contributed by atoms with Crippen molar-refractivity contribution in [3.8, 4) is 5.75 Å². The maximum Gasteiger partial charge on any atom is 0.221 e. The molecule has 0 saturated carbocycles. The lowest BCUT2D eigenvalue weighted by Gasteiger charge is -2.10. The molecule has 1 amide bonds. The summed E-state index contributed by atoms with van der Waals surface area (Å²) in [5.41, 5.74) is 1.45. The van der Waals surface area contributed by atoms with Gasteiger partial charge in [-0.3, -0.25) is 4.79 Å². The van der Waals surface area contributed by atoms with Crippen LogP contribution in [0, 0.1) is 5.82 Å². The summed E-state index contributed by atoms with van der Waals surface area (Å²) in [5.74, 6) is -0.255. The van der Waals surface area contributed by atoms with Gasteiger partial charge in [0.05, 0.1) is 18.8 Å². The van der Waals surface area contributed by atoms with E-state index in [0.717, 1.165) is 10.6 Å². The van der Waals surface area contributed by atoms with Crippen molar-refractivity contribution in [3.05, 3.63) is 40.3 Å². The summed E-state index contributed by atoms with van der Waals surface area (Å²) in [6.45, 7) is 4.22. The molecular formula is C15H17FN2O2S. The van der Waals surface area contributed by atoms with Crippen LogP contribution in [0.2, 0.25) is 0 Å². The van der Waals surface area contributed by atoms with Gasteiger partial charge in [-0.25, -0.2) is 4.39 Å². The van der Waals surface area contributed by atoms with Gasteiger partial charge in [0.25, 0.3) is 0 Å². The lowest BCUT2D eigenvalue weighted by atomic mass is 10.2. The number of hydrogen-bond acceptors (Lipinski definition) is 4. The third-order valence-corrected chi connectivity index (χ3v) is 3.66. The van der Waals surface area contributed by atoms with E-state index in [4.69, 9.17) is 4.74 Å². The molecule has 0 fully saturated rings. The van der Waals surface area contributed by atoms with E-state index in [0.29, 0.717) is 18.8 Å². The minimum Gasteiger partial charge on any atom is -0.491 e. The quantitative estimate of drug-likeness (QED) is 0.852. The van der Waals surface area contributed by atoms with Crippen LogP contribution in [-0.2, 0) is 11.3 Å². The van der Waals surface area contributed by atoms with E-state index in [2.05, 4.69) is 10.6 Å². The zero-order chi connectivity index (χ0) is 15.2. The molecule has 4 nitrogen and oxygen atoms in total. The highest BCUT2D eigenvalue weighted by Gasteiger charge is 2.07. The second kappa shape index (κ2) is 7.08. The standard InChI is InChI=1S/C15H17FN2O2S/c1-3-20-14-5-4-11(8-12(14)16)17-9-15-13(6-7-21-15)18-10(2)19/h4-8,17H,3,9H2,1-2H3,(H,18,19). The number of nitrogens with one attached hydrogen (secondary N) is 2. The SMILES string of the molecule is CCOc1ccc(NCc2sccc2NC(C)=O)cc1F. The molecule has 0 aliphatic carbocycles. The van der Waals surface area contributed by atoms with Gasteiger partial charge in [-0.15, -0.1) is 11.3 Å². The molecule has 112 valence electrons. The van der Waals surface area contributed by atoms with E-state index < -0.39 is 5.82 Å². The average Bonchev–Trinajstić information content (AvgIpc) is 2.86.